The van der Waals surface area contributed by atoms with E-state index in [1.54, 1.807) is 18.2 Å². The van der Waals surface area contributed by atoms with Crippen LogP contribution in [0.15, 0.2) is 77.5 Å². The highest BCUT2D eigenvalue weighted by molar-refractivity contribution is 6.53. The molecule has 33 heavy (non-hydrogen) atoms. The predicted molar refractivity (Wildman–Crippen MR) is 125 cm³/mol. The predicted octanol–water partition coefficient (Wildman–Crippen LogP) is 5.35. The first-order chi connectivity index (χ1) is 15.8. The zero-order valence-corrected chi connectivity index (χ0v) is 18.8. The van der Waals surface area contributed by atoms with Gasteiger partial charge in [-0.3, -0.25) is 9.59 Å². The van der Waals surface area contributed by atoms with Crippen molar-refractivity contribution in [2.45, 2.75) is 0 Å². The number of para-hydroxylation sites is 1. The van der Waals surface area contributed by atoms with Gasteiger partial charge in [0.05, 0.1) is 21.3 Å². The first kappa shape index (κ1) is 22.7. The standard InChI is InChI=1S/C23H13Cl3N2O5/c24-15-3-1-2-4-17(15)28-21(30)19(26)20(22(28)31)27-13-7-5-12(6-8-13)23(32)33-14-9-10-16(25)18(29)11-14/h1-11,27,29H. The minimum atomic E-state index is -0.705. The maximum atomic E-state index is 12.9. The molecule has 4 rings (SSSR count). The SMILES string of the molecule is O=C(Oc1ccc(Cl)c(O)c1)c1ccc(NC2=C(Cl)C(=O)N(c3ccccc3Cl)C2=O)cc1. The Labute approximate surface area is 202 Å². The number of rotatable bonds is 5. The number of halogens is 3. The molecule has 0 saturated heterocycles. The number of nitrogens with one attached hydrogen (secondary N) is 1. The van der Waals surface area contributed by atoms with E-state index in [0.717, 1.165) is 4.90 Å². The fraction of sp³-hybridized carbons (Fsp3) is 0. The molecule has 0 unspecified atom stereocenters. The number of ether oxygens (including phenoxy) is 1. The van der Waals surface area contributed by atoms with E-state index in [4.69, 9.17) is 39.5 Å². The van der Waals surface area contributed by atoms with Crippen LogP contribution in [-0.4, -0.2) is 22.9 Å². The van der Waals surface area contributed by atoms with Crippen molar-refractivity contribution in [2.24, 2.45) is 0 Å². The van der Waals surface area contributed by atoms with E-state index < -0.39 is 17.8 Å². The van der Waals surface area contributed by atoms with Crippen molar-refractivity contribution < 1.29 is 24.2 Å². The third-order valence-corrected chi connectivity index (χ3v) is 5.63. The van der Waals surface area contributed by atoms with E-state index in [2.05, 4.69) is 5.32 Å². The van der Waals surface area contributed by atoms with Gasteiger partial charge in [-0.25, -0.2) is 9.69 Å². The molecule has 3 aromatic rings. The number of nitrogens with zero attached hydrogens (tertiary/aromatic N) is 1. The number of esters is 1. The molecule has 7 nitrogen and oxygen atoms in total. The van der Waals surface area contributed by atoms with Gasteiger partial charge in [0.25, 0.3) is 11.8 Å². The van der Waals surface area contributed by atoms with Crippen molar-refractivity contribution in [3.8, 4) is 11.5 Å². The van der Waals surface area contributed by atoms with Crippen LogP contribution in [0.1, 0.15) is 10.4 Å². The van der Waals surface area contributed by atoms with Crippen LogP contribution in [0.4, 0.5) is 11.4 Å². The number of imide groups is 1. The quantitative estimate of drug-likeness (QED) is 0.277. The molecule has 0 spiro atoms. The van der Waals surface area contributed by atoms with Crippen molar-refractivity contribution in [2.75, 3.05) is 10.2 Å². The minimum Gasteiger partial charge on any atom is -0.506 e. The van der Waals surface area contributed by atoms with Crippen LogP contribution >= 0.6 is 34.8 Å². The average molecular weight is 504 g/mol. The Balaban J connectivity index is 1.49. The van der Waals surface area contributed by atoms with Crippen LogP contribution in [0.3, 0.4) is 0 Å². The fourth-order valence-electron chi connectivity index (χ4n) is 3.02. The lowest BCUT2D eigenvalue weighted by Crippen LogP contribution is -2.32. The second kappa shape index (κ2) is 9.15. The van der Waals surface area contributed by atoms with E-state index >= 15 is 0 Å². The van der Waals surface area contributed by atoms with Crippen LogP contribution in [0.25, 0.3) is 0 Å². The summed E-state index contributed by atoms with van der Waals surface area (Å²) in [4.78, 5) is 38.6. The van der Waals surface area contributed by atoms with Crippen LogP contribution in [0.2, 0.25) is 10.0 Å². The molecule has 166 valence electrons. The van der Waals surface area contributed by atoms with Gasteiger partial charge in [-0.05, 0) is 48.5 Å². The number of hydrogen-bond acceptors (Lipinski definition) is 6. The Hall–Kier alpha value is -3.52. The third-order valence-electron chi connectivity index (χ3n) is 4.64. The van der Waals surface area contributed by atoms with E-state index in [1.807, 2.05) is 0 Å². The lowest BCUT2D eigenvalue weighted by atomic mass is 10.2. The van der Waals surface area contributed by atoms with E-state index in [9.17, 15) is 19.5 Å². The maximum Gasteiger partial charge on any atom is 0.343 e. The summed E-state index contributed by atoms with van der Waals surface area (Å²) in [5, 5.41) is 12.5. The summed E-state index contributed by atoms with van der Waals surface area (Å²) in [6, 6.07) is 16.4. The Kier molecular flexibility index (Phi) is 6.29. The number of amides is 2. The molecule has 0 aromatic heterocycles. The van der Waals surface area contributed by atoms with Gasteiger partial charge in [-0.2, -0.15) is 0 Å². The second-order valence-electron chi connectivity index (χ2n) is 6.79. The summed E-state index contributed by atoms with van der Waals surface area (Å²) in [5.41, 5.74) is 0.719. The van der Waals surface area contributed by atoms with Crippen molar-refractivity contribution in [3.63, 3.8) is 0 Å². The number of aromatic hydroxyl groups is 1. The van der Waals surface area contributed by atoms with Crippen molar-refractivity contribution in [1.82, 2.24) is 0 Å². The molecule has 3 aromatic carbocycles. The normalized spacial score (nSPS) is 13.5. The second-order valence-corrected chi connectivity index (χ2v) is 7.98. The summed E-state index contributed by atoms with van der Waals surface area (Å²) in [7, 11) is 0. The Morgan fingerprint density at radius 3 is 2.24 bits per heavy atom. The average Bonchev–Trinajstić information content (AvgIpc) is 3.00. The molecule has 0 aliphatic carbocycles. The van der Waals surface area contributed by atoms with Crippen molar-refractivity contribution in [1.29, 1.82) is 0 Å². The summed E-state index contributed by atoms with van der Waals surface area (Å²) in [5.74, 6) is -2.13. The number of carbonyl (C=O) groups is 3. The van der Waals surface area contributed by atoms with Crippen molar-refractivity contribution in [3.05, 3.63) is 93.1 Å². The first-order valence-electron chi connectivity index (χ1n) is 9.37. The van der Waals surface area contributed by atoms with Crippen LogP contribution in [-0.2, 0) is 9.59 Å². The summed E-state index contributed by atoms with van der Waals surface area (Å²) in [6.07, 6.45) is 0. The molecule has 1 aliphatic heterocycles. The summed E-state index contributed by atoms with van der Waals surface area (Å²) >= 11 is 18.0. The first-order valence-corrected chi connectivity index (χ1v) is 10.5. The monoisotopic (exact) mass is 502 g/mol. The molecular weight excluding hydrogens is 491 g/mol. The van der Waals surface area contributed by atoms with E-state index in [1.165, 1.54) is 48.5 Å². The van der Waals surface area contributed by atoms with Gasteiger partial charge in [0.15, 0.2) is 0 Å². The Morgan fingerprint density at radius 2 is 1.58 bits per heavy atom. The third kappa shape index (κ3) is 4.52. The number of phenolic OH excluding ortho intramolecular Hbond substituents is 1. The highest BCUT2D eigenvalue weighted by Gasteiger charge is 2.39. The molecular formula is C23H13Cl3N2O5. The van der Waals surface area contributed by atoms with Gasteiger partial charge in [0.2, 0.25) is 0 Å². The zero-order chi connectivity index (χ0) is 23.7. The van der Waals surface area contributed by atoms with Gasteiger partial charge in [-0.1, -0.05) is 46.9 Å². The lowest BCUT2D eigenvalue weighted by molar-refractivity contribution is -0.120. The number of benzene rings is 3. The minimum absolute atomic E-state index is 0.117. The van der Waals surface area contributed by atoms with Crippen LogP contribution < -0.4 is 15.0 Å². The topological polar surface area (TPSA) is 95.9 Å². The van der Waals surface area contributed by atoms with Crippen LogP contribution in [0.5, 0.6) is 11.5 Å². The molecule has 2 amide bonds. The van der Waals surface area contributed by atoms with Gasteiger partial charge in [0, 0.05) is 11.8 Å². The van der Waals surface area contributed by atoms with Crippen LogP contribution in [0, 0.1) is 0 Å². The molecule has 0 fully saturated rings. The molecule has 10 heteroatoms. The number of anilines is 2. The van der Waals surface area contributed by atoms with Crippen molar-refractivity contribution >= 4 is 64.0 Å². The zero-order valence-electron chi connectivity index (χ0n) is 16.5. The molecule has 0 saturated carbocycles. The largest absolute Gasteiger partial charge is 0.506 e. The smallest absolute Gasteiger partial charge is 0.343 e. The molecule has 1 aliphatic rings. The highest BCUT2D eigenvalue weighted by atomic mass is 35.5. The summed E-state index contributed by atoms with van der Waals surface area (Å²) < 4.78 is 5.21. The van der Waals surface area contributed by atoms with Gasteiger partial charge in [0.1, 0.15) is 22.2 Å². The molecule has 2 N–H and O–H groups in total. The fourth-order valence-corrected chi connectivity index (χ4v) is 3.57. The number of phenols is 1. The van der Waals surface area contributed by atoms with Gasteiger partial charge in [-0.15, -0.1) is 0 Å². The highest BCUT2D eigenvalue weighted by Crippen LogP contribution is 2.34. The number of carbonyl (C=O) groups excluding carboxylic acids is 3. The number of hydrogen-bond donors (Lipinski definition) is 2. The van der Waals surface area contributed by atoms with Gasteiger partial charge < -0.3 is 15.2 Å². The molecule has 0 radical (unpaired) electrons. The maximum absolute atomic E-state index is 12.9. The molecule has 1 heterocycles. The Morgan fingerprint density at radius 1 is 0.879 bits per heavy atom. The molecule has 0 atom stereocenters. The molecule has 0 bridgehead atoms. The summed E-state index contributed by atoms with van der Waals surface area (Å²) in [6.45, 7) is 0. The van der Waals surface area contributed by atoms with E-state index in [0.29, 0.717) is 5.69 Å². The lowest BCUT2D eigenvalue weighted by Gasteiger charge is -2.16. The Bertz CT molecular complexity index is 1320. The van der Waals surface area contributed by atoms with E-state index in [-0.39, 0.29) is 43.5 Å². The van der Waals surface area contributed by atoms with Gasteiger partial charge >= 0.3 is 5.97 Å².